The lowest BCUT2D eigenvalue weighted by Gasteiger charge is -2.38. The van der Waals surface area contributed by atoms with E-state index in [9.17, 15) is 18.0 Å². The first-order chi connectivity index (χ1) is 20.8. The number of hydrogen-bond donors (Lipinski definition) is 0. The molecule has 1 fully saturated rings. The van der Waals surface area contributed by atoms with Gasteiger partial charge in [-0.2, -0.15) is 13.2 Å². The van der Waals surface area contributed by atoms with E-state index in [-0.39, 0.29) is 0 Å². The molecule has 0 saturated carbocycles. The maximum absolute atomic E-state index is 13.3. The van der Waals surface area contributed by atoms with Gasteiger partial charge in [0.1, 0.15) is 11.5 Å². The smallest absolute Gasteiger partial charge is 0.416 e. The van der Waals surface area contributed by atoms with Crippen molar-refractivity contribution < 1.29 is 32.2 Å². The lowest BCUT2D eigenvalue weighted by atomic mass is 9.77. The maximum Gasteiger partial charge on any atom is 0.416 e. The molecule has 43 heavy (non-hydrogen) atoms. The van der Waals surface area contributed by atoms with Gasteiger partial charge in [0.25, 0.3) is 0 Å². The van der Waals surface area contributed by atoms with Crippen LogP contribution < -0.4 is 14.5 Å². The number of ether oxygens (including phenoxy) is 3. The molecule has 0 N–H and O–H groups in total. The zero-order valence-corrected chi connectivity index (χ0v) is 23.5. The van der Waals surface area contributed by atoms with Crippen molar-refractivity contribution in [2.45, 2.75) is 25.1 Å². The third kappa shape index (κ3) is 4.50. The Kier molecular flexibility index (Phi) is 6.58. The van der Waals surface area contributed by atoms with Crippen LogP contribution in [0.3, 0.4) is 0 Å². The van der Waals surface area contributed by atoms with Gasteiger partial charge in [0.15, 0.2) is 5.60 Å². The highest BCUT2D eigenvalue weighted by molar-refractivity contribution is 5.97. The Morgan fingerprint density at radius 2 is 1.58 bits per heavy atom. The van der Waals surface area contributed by atoms with Crippen LogP contribution in [0.25, 0.3) is 0 Å². The van der Waals surface area contributed by atoms with Gasteiger partial charge in [0.2, 0.25) is 0 Å². The van der Waals surface area contributed by atoms with E-state index in [0.717, 1.165) is 48.6 Å². The minimum Gasteiger partial charge on any atom is -0.456 e. The van der Waals surface area contributed by atoms with Crippen molar-refractivity contribution >= 4 is 23.0 Å². The highest BCUT2D eigenvalue weighted by Crippen LogP contribution is 2.57. The molecule has 0 radical (unpaired) electrons. The SMILES string of the molecule is CCCN(c1ccc(C(F)(F)F)cc1)c1ccc2c(c1)C1(OC(=O)c3ccccc31)c1ccc(N3CCOCC3)cc1O2. The molecule has 7 rings (SSSR count). The molecule has 9 heteroatoms. The van der Waals surface area contributed by atoms with Crippen molar-refractivity contribution in [2.24, 2.45) is 0 Å². The number of anilines is 3. The number of morpholine rings is 1. The zero-order valence-electron chi connectivity index (χ0n) is 23.5. The van der Waals surface area contributed by atoms with Gasteiger partial charge in [-0.1, -0.05) is 25.1 Å². The number of fused-ring (bicyclic) bond motifs is 6. The molecule has 3 aliphatic rings. The van der Waals surface area contributed by atoms with Crippen LogP contribution in [-0.2, 0) is 21.3 Å². The standard InChI is InChI=1S/C34H29F3N2O4/c1-2-15-39(23-9-7-22(8-10-23)34(35,36)37)25-12-14-30-29(20-25)33(27-6-4-3-5-26(27)32(40)43-33)28-13-11-24(21-31(28)42-30)38-16-18-41-19-17-38/h3-14,20-21H,2,15-19H2,1H3. The third-order valence-corrected chi connectivity index (χ3v) is 8.32. The van der Waals surface area contributed by atoms with E-state index in [2.05, 4.69) is 4.90 Å². The van der Waals surface area contributed by atoms with Crippen molar-refractivity contribution in [1.29, 1.82) is 0 Å². The number of carbonyl (C=O) groups is 1. The van der Waals surface area contributed by atoms with Crippen LogP contribution in [0.2, 0.25) is 0 Å². The number of alkyl halides is 3. The number of benzene rings is 4. The zero-order chi connectivity index (χ0) is 29.8. The van der Waals surface area contributed by atoms with Gasteiger partial charge in [0, 0.05) is 59.5 Å². The monoisotopic (exact) mass is 586 g/mol. The first kappa shape index (κ1) is 27.3. The molecule has 1 unspecified atom stereocenters. The van der Waals surface area contributed by atoms with Crippen LogP contribution in [0.5, 0.6) is 11.5 Å². The molecular formula is C34H29F3N2O4. The van der Waals surface area contributed by atoms with E-state index in [1.807, 2.05) is 66.4 Å². The Bertz CT molecular complexity index is 1700. The Hall–Kier alpha value is -4.50. The lowest BCUT2D eigenvalue weighted by molar-refractivity contribution is -0.137. The molecule has 0 aromatic heterocycles. The highest BCUT2D eigenvalue weighted by Gasteiger charge is 2.53. The third-order valence-electron chi connectivity index (χ3n) is 8.32. The molecule has 3 heterocycles. The van der Waals surface area contributed by atoms with Crippen molar-refractivity contribution in [1.82, 2.24) is 0 Å². The summed E-state index contributed by atoms with van der Waals surface area (Å²) in [6, 6.07) is 24.1. The number of rotatable bonds is 5. The Morgan fingerprint density at radius 1 is 0.837 bits per heavy atom. The molecule has 3 aliphatic heterocycles. The fraction of sp³-hybridized carbons (Fsp3) is 0.265. The number of hydrogen-bond acceptors (Lipinski definition) is 6. The topological polar surface area (TPSA) is 51.2 Å². The van der Waals surface area contributed by atoms with Gasteiger partial charge >= 0.3 is 12.1 Å². The fourth-order valence-corrected chi connectivity index (χ4v) is 6.30. The second-order valence-corrected chi connectivity index (χ2v) is 10.9. The second-order valence-electron chi connectivity index (χ2n) is 10.9. The highest BCUT2D eigenvalue weighted by atomic mass is 19.4. The summed E-state index contributed by atoms with van der Waals surface area (Å²) in [7, 11) is 0. The van der Waals surface area contributed by atoms with Crippen molar-refractivity contribution in [3.63, 3.8) is 0 Å². The minimum absolute atomic E-state index is 0.426. The lowest BCUT2D eigenvalue weighted by Crippen LogP contribution is -2.37. The van der Waals surface area contributed by atoms with Crippen molar-refractivity contribution in [3.8, 4) is 11.5 Å². The van der Waals surface area contributed by atoms with Crippen molar-refractivity contribution in [3.05, 3.63) is 113 Å². The first-order valence-corrected chi connectivity index (χ1v) is 14.4. The second kappa shape index (κ2) is 10.3. The quantitative estimate of drug-likeness (QED) is 0.224. The Labute approximate surface area is 247 Å². The van der Waals surface area contributed by atoms with E-state index in [1.165, 1.54) is 12.1 Å². The molecule has 4 aromatic carbocycles. The molecule has 1 saturated heterocycles. The van der Waals surface area contributed by atoms with E-state index in [1.54, 1.807) is 6.07 Å². The molecule has 0 aliphatic carbocycles. The van der Waals surface area contributed by atoms with E-state index >= 15 is 0 Å². The average molecular weight is 587 g/mol. The normalized spacial score (nSPS) is 18.9. The predicted octanol–water partition coefficient (Wildman–Crippen LogP) is 7.66. The summed E-state index contributed by atoms with van der Waals surface area (Å²) >= 11 is 0. The summed E-state index contributed by atoms with van der Waals surface area (Å²) in [4.78, 5) is 17.5. The summed E-state index contributed by atoms with van der Waals surface area (Å²) in [6.07, 6.45) is -3.66. The minimum atomic E-state index is -4.42. The van der Waals surface area contributed by atoms with Crippen LogP contribution >= 0.6 is 0 Å². The fourth-order valence-electron chi connectivity index (χ4n) is 6.30. The van der Waals surface area contributed by atoms with Gasteiger partial charge in [-0.15, -0.1) is 0 Å². The first-order valence-electron chi connectivity index (χ1n) is 14.4. The molecule has 0 amide bonds. The summed E-state index contributed by atoms with van der Waals surface area (Å²) in [5, 5.41) is 0. The molecule has 220 valence electrons. The molecule has 0 bridgehead atoms. The van der Waals surface area contributed by atoms with Crippen LogP contribution in [0, 0.1) is 0 Å². The summed E-state index contributed by atoms with van der Waals surface area (Å²) in [6.45, 7) is 5.39. The molecule has 6 nitrogen and oxygen atoms in total. The Morgan fingerprint density at radius 3 is 2.33 bits per heavy atom. The summed E-state index contributed by atoms with van der Waals surface area (Å²) < 4.78 is 58.2. The molecular weight excluding hydrogens is 557 g/mol. The summed E-state index contributed by atoms with van der Waals surface area (Å²) in [5.41, 5.74) is 2.98. The van der Waals surface area contributed by atoms with E-state index in [0.29, 0.717) is 53.6 Å². The number of esters is 1. The molecule has 1 atom stereocenters. The van der Waals surface area contributed by atoms with Crippen LogP contribution in [0.4, 0.5) is 30.2 Å². The van der Waals surface area contributed by atoms with Gasteiger partial charge in [-0.3, -0.25) is 0 Å². The van der Waals surface area contributed by atoms with Crippen molar-refractivity contribution in [2.75, 3.05) is 42.6 Å². The van der Waals surface area contributed by atoms with Crippen LogP contribution in [0.1, 0.15) is 46.0 Å². The number of nitrogens with zero attached hydrogens (tertiary/aromatic N) is 2. The van der Waals surface area contributed by atoms with Gasteiger partial charge in [-0.25, -0.2) is 4.79 Å². The van der Waals surface area contributed by atoms with Gasteiger partial charge in [0.05, 0.1) is 24.3 Å². The van der Waals surface area contributed by atoms with Gasteiger partial charge < -0.3 is 24.0 Å². The maximum atomic E-state index is 13.3. The predicted molar refractivity (Wildman–Crippen MR) is 156 cm³/mol. The van der Waals surface area contributed by atoms with Crippen LogP contribution in [0.15, 0.2) is 84.9 Å². The average Bonchev–Trinajstić information content (AvgIpc) is 3.32. The summed E-state index contributed by atoms with van der Waals surface area (Å²) in [5.74, 6) is 0.718. The van der Waals surface area contributed by atoms with Crippen LogP contribution in [-0.4, -0.2) is 38.8 Å². The van der Waals surface area contributed by atoms with E-state index < -0.39 is 23.3 Å². The van der Waals surface area contributed by atoms with E-state index in [4.69, 9.17) is 14.2 Å². The molecule has 4 aromatic rings. The number of carbonyl (C=O) groups excluding carboxylic acids is 1. The number of halogens is 3. The Balaban J connectivity index is 1.37. The van der Waals surface area contributed by atoms with Gasteiger partial charge in [-0.05, 0) is 67.1 Å². The largest absolute Gasteiger partial charge is 0.456 e. The molecule has 1 spiro atoms.